The lowest BCUT2D eigenvalue weighted by molar-refractivity contribution is 0.411. The predicted molar refractivity (Wildman–Crippen MR) is 302 cm³/mol. The lowest BCUT2D eigenvalue weighted by Gasteiger charge is -2.19. The number of pyridine rings is 2. The van der Waals surface area contributed by atoms with Gasteiger partial charge in [0.15, 0.2) is 0 Å². The van der Waals surface area contributed by atoms with E-state index < -0.39 is 0 Å². The van der Waals surface area contributed by atoms with E-state index in [1.165, 1.54) is 49.0 Å². The summed E-state index contributed by atoms with van der Waals surface area (Å²) in [6.07, 6.45) is 11.9. The first-order chi connectivity index (χ1) is 32.3. The summed E-state index contributed by atoms with van der Waals surface area (Å²) in [7, 11) is 0. The number of furan rings is 1. The molecule has 3 nitrogen and oxygen atoms in total. The fourth-order valence-electron chi connectivity index (χ4n) is 7.66. The zero-order valence-electron chi connectivity index (χ0n) is 44.6. The van der Waals surface area contributed by atoms with Gasteiger partial charge in [-0.25, -0.2) is 0 Å². The Bertz CT molecular complexity index is 2910. The molecule has 3 heterocycles. The maximum absolute atomic E-state index is 4.93. The standard InChI is InChI=1S/2C15H18.2C13H15N.C10H14O/c1-15(2,3)11-13-9-6-8-12-7-4-5-10-14(12)13;1-15(2,3)11-12-8-9-13-6-4-5-7-14(13)10-12;1-13(2,3)11-8-10-6-4-5-7-12(10)14-9-11;1-13(2,3)12-9-8-10-6-4-5-7-11(10)14-12;1-10(2,3)6-4-9-5-7-11-8-9/h2*4-10H,11H2,1-3H3;2*4-9H,1-3H3;4-8H,1-3H3/b;;;;6-4+. The minimum atomic E-state index is 0.129. The lowest BCUT2D eigenvalue weighted by Crippen LogP contribution is -2.13. The van der Waals surface area contributed by atoms with Gasteiger partial charge in [-0.1, -0.05) is 243 Å². The Morgan fingerprint density at radius 2 is 1.03 bits per heavy atom. The zero-order valence-corrected chi connectivity index (χ0v) is 44.6. The molecule has 3 heteroatoms. The van der Waals surface area contributed by atoms with Crippen LogP contribution in [0.2, 0.25) is 0 Å². The van der Waals surface area contributed by atoms with E-state index in [9.17, 15) is 0 Å². The average Bonchev–Trinajstić information content (AvgIpc) is 3.81. The minimum absolute atomic E-state index is 0.129. The van der Waals surface area contributed by atoms with Crippen LogP contribution in [0.3, 0.4) is 0 Å². The Labute approximate surface area is 416 Å². The summed E-state index contributed by atoms with van der Waals surface area (Å²) >= 11 is 0. The molecule has 0 aliphatic rings. The van der Waals surface area contributed by atoms with Gasteiger partial charge in [-0.2, -0.15) is 0 Å². The van der Waals surface area contributed by atoms with Crippen LogP contribution in [0.5, 0.6) is 0 Å². The topological polar surface area (TPSA) is 38.9 Å². The third-order valence-electron chi connectivity index (χ3n) is 11.3. The molecular formula is C66H80N2O. The molecule has 6 aromatic carbocycles. The number of fused-ring (bicyclic) bond motifs is 4. The van der Waals surface area contributed by atoms with Crippen molar-refractivity contribution in [3.05, 3.63) is 210 Å². The highest BCUT2D eigenvalue weighted by Gasteiger charge is 2.16. The number of hydrogen-bond donors (Lipinski definition) is 0. The number of benzene rings is 6. The molecule has 9 rings (SSSR count). The second-order valence-electron chi connectivity index (χ2n) is 23.9. The van der Waals surface area contributed by atoms with Gasteiger partial charge < -0.3 is 4.42 Å². The number of aromatic nitrogens is 2. The van der Waals surface area contributed by atoms with Gasteiger partial charge in [-0.15, -0.1) is 0 Å². The third kappa shape index (κ3) is 18.3. The number of para-hydroxylation sites is 2. The predicted octanol–water partition coefficient (Wildman–Crippen LogP) is 19.3. The van der Waals surface area contributed by atoms with Gasteiger partial charge in [-0.05, 0) is 103 Å². The molecule has 0 N–H and O–H groups in total. The highest BCUT2D eigenvalue weighted by atomic mass is 16.3. The van der Waals surface area contributed by atoms with Crippen LogP contribution in [0.25, 0.3) is 49.4 Å². The molecule has 0 atom stereocenters. The highest BCUT2D eigenvalue weighted by molar-refractivity contribution is 5.86. The van der Waals surface area contributed by atoms with Crippen LogP contribution in [0.1, 0.15) is 132 Å². The van der Waals surface area contributed by atoms with Gasteiger partial charge in [0.25, 0.3) is 0 Å². The molecule has 0 saturated carbocycles. The molecule has 9 aromatic rings. The normalized spacial score (nSPS) is 12.0. The van der Waals surface area contributed by atoms with Gasteiger partial charge in [0, 0.05) is 33.6 Å². The molecule has 0 aliphatic heterocycles. The van der Waals surface area contributed by atoms with Gasteiger partial charge in [0.05, 0.1) is 23.6 Å². The van der Waals surface area contributed by atoms with Crippen molar-refractivity contribution in [3.63, 3.8) is 0 Å². The van der Waals surface area contributed by atoms with Crippen molar-refractivity contribution in [2.24, 2.45) is 16.2 Å². The summed E-state index contributed by atoms with van der Waals surface area (Å²) in [6, 6.07) is 55.4. The number of nitrogens with zero attached hydrogens (tertiary/aromatic N) is 2. The second kappa shape index (κ2) is 23.3. The van der Waals surface area contributed by atoms with Crippen molar-refractivity contribution in [1.29, 1.82) is 0 Å². The largest absolute Gasteiger partial charge is 0.472 e. The minimum Gasteiger partial charge on any atom is -0.472 e. The second-order valence-corrected chi connectivity index (χ2v) is 23.9. The molecule has 3 aromatic heterocycles. The van der Waals surface area contributed by atoms with E-state index in [-0.39, 0.29) is 16.2 Å². The molecule has 0 spiro atoms. The molecule has 69 heavy (non-hydrogen) atoms. The summed E-state index contributed by atoms with van der Waals surface area (Å²) < 4.78 is 4.93. The Kier molecular flexibility index (Phi) is 18.1. The fraction of sp³-hybridized carbons (Fsp3) is 0.333. The first-order valence-electron chi connectivity index (χ1n) is 24.7. The smallest absolute Gasteiger partial charge is 0.0974 e. The van der Waals surface area contributed by atoms with E-state index in [0.717, 1.165) is 35.1 Å². The van der Waals surface area contributed by atoms with Crippen LogP contribution in [-0.2, 0) is 23.7 Å². The zero-order chi connectivity index (χ0) is 50.5. The maximum atomic E-state index is 4.93. The van der Waals surface area contributed by atoms with Gasteiger partial charge in [0.1, 0.15) is 0 Å². The lowest BCUT2D eigenvalue weighted by atomic mass is 9.86. The molecule has 0 radical (unpaired) electrons. The first kappa shape index (κ1) is 53.6. The van der Waals surface area contributed by atoms with Crippen LogP contribution < -0.4 is 0 Å². The van der Waals surface area contributed by atoms with Crippen LogP contribution in [-0.4, -0.2) is 9.97 Å². The quantitative estimate of drug-likeness (QED) is 0.177. The maximum Gasteiger partial charge on any atom is 0.0974 e. The molecular weight excluding hydrogens is 837 g/mol. The molecule has 0 amide bonds. The van der Waals surface area contributed by atoms with Crippen molar-refractivity contribution in [2.45, 2.75) is 128 Å². The van der Waals surface area contributed by atoms with Crippen molar-refractivity contribution in [3.8, 4) is 0 Å². The molecule has 0 aliphatic carbocycles. The summed E-state index contributed by atoms with van der Waals surface area (Å²) in [5.74, 6) is 0. The van der Waals surface area contributed by atoms with Crippen molar-refractivity contribution >= 4 is 49.4 Å². The molecule has 0 fully saturated rings. The van der Waals surface area contributed by atoms with Gasteiger partial charge >= 0.3 is 0 Å². The van der Waals surface area contributed by atoms with Crippen LogP contribution in [0.4, 0.5) is 0 Å². The summed E-state index contributed by atoms with van der Waals surface area (Å²) in [5, 5.41) is 7.85. The van der Waals surface area contributed by atoms with Crippen molar-refractivity contribution in [1.82, 2.24) is 9.97 Å². The fourth-order valence-corrected chi connectivity index (χ4v) is 7.66. The Balaban J connectivity index is 0.000000162. The number of hydrogen-bond acceptors (Lipinski definition) is 3. The van der Waals surface area contributed by atoms with Crippen molar-refractivity contribution < 1.29 is 4.42 Å². The van der Waals surface area contributed by atoms with Crippen LogP contribution in [0, 0.1) is 16.2 Å². The Hall–Kier alpha value is -6.32. The molecule has 0 saturated heterocycles. The molecule has 0 unspecified atom stereocenters. The van der Waals surface area contributed by atoms with E-state index in [0.29, 0.717) is 10.8 Å². The summed E-state index contributed by atoms with van der Waals surface area (Å²) in [4.78, 5) is 9.09. The van der Waals surface area contributed by atoms with Crippen molar-refractivity contribution in [2.75, 3.05) is 0 Å². The van der Waals surface area contributed by atoms with Crippen LogP contribution >= 0.6 is 0 Å². The van der Waals surface area contributed by atoms with E-state index in [1.54, 1.807) is 12.5 Å². The van der Waals surface area contributed by atoms with E-state index in [4.69, 9.17) is 4.42 Å². The van der Waals surface area contributed by atoms with Gasteiger partial charge in [0.2, 0.25) is 0 Å². The highest BCUT2D eigenvalue weighted by Crippen LogP contribution is 2.28. The monoisotopic (exact) mass is 917 g/mol. The molecule has 360 valence electrons. The Morgan fingerprint density at radius 3 is 1.64 bits per heavy atom. The third-order valence-corrected chi connectivity index (χ3v) is 11.3. The number of rotatable bonds is 3. The number of allylic oxidation sites excluding steroid dienone is 1. The average molecular weight is 917 g/mol. The summed E-state index contributed by atoms with van der Waals surface area (Å²) in [5.41, 5.74) is 9.87. The Morgan fingerprint density at radius 1 is 0.464 bits per heavy atom. The van der Waals surface area contributed by atoms with Gasteiger partial charge in [-0.3, -0.25) is 9.97 Å². The SMILES string of the molecule is CC(C)(C)/C=C/c1ccoc1.CC(C)(C)Cc1ccc2ccccc2c1.CC(C)(C)Cc1cccc2ccccc12.CC(C)(C)c1ccc2ccccc2n1.CC(C)(C)c1cnc2ccccc2c1. The van der Waals surface area contributed by atoms with E-state index in [2.05, 4.69) is 253 Å². The summed E-state index contributed by atoms with van der Waals surface area (Å²) in [6.45, 7) is 33.4. The molecule has 0 bridgehead atoms. The van der Waals surface area contributed by atoms with E-state index in [1.807, 2.05) is 36.5 Å². The van der Waals surface area contributed by atoms with Crippen LogP contribution in [0.15, 0.2) is 187 Å². The first-order valence-corrected chi connectivity index (χ1v) is 24.7. The van der Waals surface area contributed by atoms with E-state index >= 15 is 0 Å².